The van der Waals surface area contributed by atoms with E-state index in [-0.39, 0.29) is 16.2 Å². The number of halogens is 2. The molecule has 0 heterocycles. The standard InChI is InChI=1S/C8H5BrClNO3S/c1-14-7-6(9)3-2-5(4-11)8(7)15(10,12)13/h2-3H,1H3. The molecule has 80 valence electrons. The number of benzene rings is 1. The highest BCUT2D eigenvalue weighted by Crippen LogP contribution is 2.36. The van der Waals surface area contributed by atoms with Gasteiger partial charge in [0.05, 0.1) is 17.1 Å². The maximum Gasteiger partial charge on any atom is 0.266 e. The number of hydrogen-bond acceptors (Lipinski definition) is 4. The molecule has 0 fully saturated rings. The lowest BCUT2D eigenvalue weighted by Crippen LogP contribution is -2.00. The third-order valence-corrected chi connectivity index (χ3v) is 3.61. The Kier molecular flexibility index (Phi) is 3.60. The third kappa shape index (κ3) is 2.43. The molecule has 7 heteroatoms. The van der Waals surface area contributed by atoms with Crippen LogP contribution < -0.4 is 4.74 Å². The SMILES string of the molecule is COc1c(Br)ccc(C#N)c1S(=O)(=O)Cl. The van der Waals surface area contributed by atoms with Crippen LogP contribution in [0.3, 0.4) is 0 Å². The van der Waals surface area contributed by atoms with Gasteiger partial charge >= 0.3 is 0 Å². The van der Waals surface area contributed by atoms with E-state index in [1.807, 2.05) is 0 Å². The highest BCUT2D eigenvalue weighted by Gasteiger charge is 2.23. The lowest BCUT2D eigenvalue weighted by atomic mass is 10.2. The maximum atomic E-state index is 11.3. The minimum atomic E-state index is -4.02. The predicted molar refractivity (Wildman–Crippen MR) is 58.4 cm³/mol. The van der Waals surface area contributed by atoms with Crippen LogP contribution in [0.25, 0.3) is 0 Å². The zero-order valence-electron chi connectivity index (χ0n) is 7.49. The van der Waals surface area contributed by atoms with Crippen molar-refractivity contribution in [3.05, 3.63) is 22.2 Å². The van der Waals surface area contributed by atoms with Crippen LogP contribution in [0.5, 0.6) is 5.75 Å². The van der Waals surface area contributed by atoms with Crippen molar-refractivity contribution in [2.75, 3.05) is 7.11 Å². The van der Waals surface area contributed by atoms with Gasteiger partial charge in [-0.05, 0) is 28.1 Å². The van der Waals surface area contributed by atoms with E-state index in [0.29, 0.717) is 4.47 Å². The van der Waals surface area contributed by atoms with E-state index in [9.17, 15) is 8.42 Å². The van der Waals surface area contributed by atoms with Crippen LogP contribution in [0.2, 0.25) is 0 Å². The molecule has 0 radical (unpaired) electrons. The molecule has 0 aromatic heterocycles. The Labute approximate surface area is 100.0 Å². The van der Waals surface area contributed by atoms with Gasteiger partial charge in [-0.25, -0.2) is 8.42 Å². The molecule has 0 aliphatic carbocycles. The number of nitriles is 1. The van der Waals surface area contributed by atoms with Crippen molar-refractivity contribution in [3.63, 3.8) is 0 Å². The van der Waals surface area contributed by atoms with Crippen molar-refractivity contribution in [2.45, 2.75) is 4.90 Å². The van der Waals surface area contributed by atoms with Crippen LogP contribution in [0.4, 0.5) is 0 Å². The lowest BCUT2D eigenvalue weighted by Gasteiger charge is -2.08. The largest absolute Gasteiger partial charge is 0.494 e. The van der Waals surface area contributed by atoms with E-state index in [1.165, 1.54) is 19.2 Å². The first-order valence-electron chi connectivity index (χ1n) is 3.63. The Morgan fingerprint density at radius 2 is 2.13 bits per heavy atom. The molecule has 0 saturated heterocycles. The summed E-state index contributed by atoms with van der Waals surface area (Å²) in [5.74, 6) is 0.0315. The van der Waals surface area contributed by atoms with E-state index in [2.05, 4.69) is 15.9 Å². The minimum Gasteiger partial charge on any atom is -0.494 e. The van der Waals surface area contributed by atoms with Gasteiger partial charge in [-0.1, -0.05) is 0 Å². The summed E-state index contributed by atoms with van der Waals surface area (Å²) in [5.41, 5.74) is -0.0509. The number of nitrogens with zero attached hydrogens (tertiary/aromatic N) is 1. The van der Waals surface area contributed by atoms with Gasteiger partial charge in [0.1, 0.15) is 11.0 Å². The van der Waals surface area contributed by atoms with Gasteiger partial charge in [-0.15, -0.1) is 0 Å². The second-order valence-electron chi connectivity index (χ2n) is 2.51. The normalized spacial score (nSPS) is 10.8. The second kappa shape index (κ2) is 4.39. The van der Waals surface area contributed by atoms with E-state index in [1.54, 1.807) is 6.07 Å². The number of methoxy groups -OCH3 is 1. The summed E-state index contributed by atoms with van der Waals surface area (Å²) in [6.07, 6.45) is 0. The Morgan fingerprint density at radius 3 is 2.53 bits per heavy atom. The number of ether oxygens (including phenoxy) is 1. The molecule has 0 saturated carbocycles. The molecule has 4 nitrogen and oxygen atoms in total. The van der Waals surface area contributed by atoms with Gasteiger partial charge < -0.3 is 4.74 Å². The Morgan fingerprint density at radius 1 is 1.53 bits per heavy atom. The average molecular weight is 311 g/mol. The first-order valence-corrected chi connectivity index (χ1v) is 6.73. The molecule has 0 bridgehead atoms. The lowest BCUT2D eigenvalue weighted by molar-refractivity contribution is 0.400. The van der Waals surface area contributed by atoms with Crippen molar-refractivity contribution in [3.8, 4) is 11.8 Å². The average Bonchev–Trinajstić information content (AvgIpc) is 2.15. The van der Waals surface area contributed by atoms with Crippen LogP contribution in [-0.4, -0.2) is 15.5 Å². The smallest absolute Gasteiger partial charge is 0.266 e. The molecule has 0 atom stereocenters. The summed E-state index contributed by atoms with van der Waals surface area (Å²) >= 11 is 3.11. The van der Waals surface area contributed by atoms with Gasteiger partial charge in [0, 0.05) is 10.7 Å². The Hall–Kier alpha value is -0.770. The van der Waals surface area contributed by atoms with Crippen molar-refractivity contribution in [1.29, 1.82) is 5.26 Å². The maximum absolute atomic E-state index is 11.3. The summed E-state index contributed by atoms with van der Waals surface area (Å²) in [7, 11) is 2.50. The van der Waals surface area contributed by atoms with Crippen molar-refractivity contribution in [1.82, 2.24) is 0 Å². The fraction of sp³-hybridized carbons (Fsp3) is 0.125. The Bertz CT molecular complexity index is 536. The summed E-state index contributed by atoms with van der Waals surface area (Å²) in [5, 5.41) is 8.75. The van der Waals surface area contributed by atoms with E-state index in [0.717, 1.165) is 0 Å². The summed E-state index contributed by atoms with van der Waals surface area (Å²) in [6.45, 7) is 0. The fourth-order valence-electron chi connectivity index (χ4n) is 1.06. The first kappa shape index (κ1) is 12.3. The fourth-order valence-corrected chi connectivity index (χ4v) is 2.93. The zero-order valence-corrected chi connectivity index (χ0v) is 10.6. The van der Waals surface area contributed by atoms with E-state index < -0.39 is 9.05 Å². The quantitative estimate of drug-likeness (QED) is 0.786. The zero-order chi connectivity index (χ0) is 11.6. The number of rotatable bonds is 2. The van der Waals surface area contributed by atoms with Gasteiger partial charge in [-0.2, -0.15) is 5.26 Å². The molecule has 1 aromatic carbocycles. The molecule has 1 aromatic rings. The first-order chi connectivity index (χ1) is 6.91. The van der Waals surface area contributed by atoms with Crippen LogP contribution in [0.15, 0.2) is 21.5 Å². The van der Waals surface area contributed by atoms with Crippen LogP contribution in [0, 0.1) is 11.3 Å². The summed E-state index contributed by atoms with van der Waals surface area (Å²) in [6, 6.07) is 4.61. The molecule has 0 aliphatic heterocycles. The molecular weight excluding hydrogens is 306 g/mol. The van der Waals surface area contributed by atoms with Crippen LogP contribution in [0.1, 0.15) is 5.56 Å². The minimum absolute atomic E-state index is 0.0315. The third-order valence-electron chi connectivity index (χ3n) is 1.63. The van der Waals surface area contributed by atoms with Crippen LogP contribution in [-0.2, 0) is 9.05 Å². The van der Waals surface area contributed by atoms with Crippen molar-refractivity contribution in [2.24, 2.45) is 0 Å². The monoisotopic (exact) mass is 309 g/mol. The molecule has 0 spiro atoms. The number of hydrogen-bond donors (Lipinski definition) is 0. The second-order valence-corrected chi connectivity index (χ2v) is 5.86. The van der Waals surface area contributed by atoms with Crippen molar-refractivity contribution >= 4 is 35.7 Å². The van der Waals surface area contributed by atoms with Gasteiger partial charge in [-0.3, -0.25) is 0 Å². The topological polar surface area (TPSA) is 67.2 Å². The van der Waals surface area contributed by atoms with E-state index in [4.69, 9.17) is 20.7 Å². The summed E-state index contributed by atoms with van der Waals surface area (Å²) in [4.78, 5) is -0.316. The highest BCUT2D eigenvalue weighted by atomic mass is 79.9. The van der Waals surface area contributed by atoms with Crippen molar-refractivity contribution < 1.29 is 13.2 Å². The molecule has 0 unspecified atom stereocenters. The van der Waals surface area contributed by atoms with Crippen LogP contribution >= 0.6 is 26.6 Å². The molecule has 0 amide bonds. The van der Waals surface area contributed by atoms with Gasteiger partial charge in [0.25, 0.3) is 9.05 Å². The summed E-state index contributed by atoms with van der Waals surface area (Å²) < 4.78 is 27.8. The van der Waals surface area contributed by atoms with Gasteiger partial charge in [0.15, 0.2) is 5.75 Å². The molecule has 15 heavy (non-hydrogen) atoms. The van der Waals surface area contributed by atoms with E-state index >= 15 is 0 Å². The highest BCUT2D eigenvalue weighted by molar-refractivity contribution is 9.10. The van der Waals surface area contributed by atoms with Gasteiger partial charge in [0.2, 0.25) is 0 Å². The predicted octanol–water partition coefficient (Wildman–Crippen LogP) is 2.26. The molecule has 0 aliphatic rings. The molecule has 1 rings (SSSR count). The Balaban J connectivity index is 3.73. The molecule has 0 N–H and O–H groups in total. The molecular formula is C8H5BrClNO3S.